The van der Waals surface area contributed by atoms with E-state index in [4.69, 9.17) is 5.73 Å². The Morgan fingerprint density at radius 1 is 1.38 bits per heavy atom. The fraction of sp³-hybridized carbons (Fsp3) is 0.200. The van der Waals surface area contributed by atoms with Gasteiger partial charge in [-0.1, -0.05) is 12.1 Å². The highest BCUT2D eigenvalue weighted by Crippen LogP contribution is 2.27. The van der Waals surface area contributed by atoms with Gasteiger partial charge in [-0.05, 0) is 28.0 Å². The van der Waals surface area contributed by atoms with Crippen molar-refractivity contribution in [2.24, 2.45) is 5.73 Å². The molecular weight excluding hydrogens is 198 g/mol. The number of benzene rings is 1. The molecule has 0 aliphatic rings. The first kappa shape index (κ1) is 9.06. The summed E-state index contributed by atoms with van der Waals surface area (Å²) in [6.07, 6.45) is 0. The van der Waals surface area contributed by atoms with E-state index in [2.05, 4.69) is 36.2 Å². The smallest absolute Gasteiger partial charge is 0.0349 e. The summed E-state index contributed by atoms with van der Waals surface area (Å²) in [5.74, 6) is 0.808. The van der Waals surface area contributed by atoms with E-state index in [1.807, 2.05) is 0 Å². The minimum absolute atomic E-state index is 0.615. The molecule has 0 spiro atoms. The fourth-order valence-corrected chi connectivity index (χ4v) is 2.79. The molecule has 1 aromatic heterocycles. The van der Waals surface area contributed by atoms with E-state index in [0.717, 1.165) is 5.75 Å². The molecule has 0 aliphatic carbocycles. The molecule has 0 saturated heterocycles. The molecule has 0 bridgehead atoms. The summed E-state index contributed by atoms with van der Waals surface area (Å²) in [7, 11) is 0. The van der Waals surface area contributed by atoms with Gasteiger partial charge >= 0.3 is 0 Å². The maximum absolute atomic E-state index is 5.57. The van der Waals surface area contributed by atoms with Crippen LogP contribution in [0, 0.1) is 0 Å². The first-order valence-corrected chi connectivity index (χ1v) is 5.66. The van der Waals surface area contributed by atoms with Crippen LogP contribution in [0.4, 0.5) is 0 Å². The number of nitrogens with two attached hydrogens (primary N) is 1. The van der Waals surface area contributed by atoms with Crippen molar-refractivity contribution in [2.45, 2.75) is 12.3 Å². The predicted molar refractivity (Wildman–Crippen MR) is 62.4 cm³/mol. The van der Waals surface area contributed by atoms with Gasteiger partial charge in [-0.2, -0.15) is 12.6 Å². The van der Waals surface area contributed by atoms with Gasteiger partial charge < -0.3 is 5.73 Å². The summed E-state index contributed by atoms with van der Waals surface area (Å²) < 4.78 is 1.31. The molecule has 0 saturated carbocycles. The Hall–Kier alpha value is -0.510. The van der Waals surface area contributed by atoms with Gasteiger partial charge in [-0.25, -0.2) is 0 Å². The molecule has 0 atom stereocenters. The summed E-state index contributed by atoms with van der Waals surface area (Å²) in [4.78, 5) is 0. The van der Waals surface area contributed by atoms with E-state index >= 15 is 0 Å². The molecule has 13 heavy (non-hydrogen) atoms. The average molecular weight is 209 g/mol. The number of thiol groups is 1. The van der Waals surface area contributed by atoms with Crippen LogP contribution in [0.25, 0.3) is 10.1 Å². The third-order valence-electron chi connectivity index (χ3n) is 2.13. The van der Waals surface area contributed by atoms with Crippen LogP contribution in [-0.4, -0.2) is 0 Å². The summed E-state index contributed by atoms with van der Waals surface area (Å²) >= 11 is 6.05. The van der Waals surface area contributed by atoms with Gasteiger partial charge in [0, 0.05) is 17.0 Å². The van der Waals surface area contributed by atoms with Crippen molar-refractivity contribution in [3.05, 3.63) is 34.7 Å². The number of hydrogen-bond donors (Lipinski definition) is 2. The third-order valence-corrected chi connectivity index (χ3v) is 3.46. The summed E-state index contributed by atoms with van der Waals surface area (Å²) in [6.45, 7) is 0.615. The van der Waals surface area contributed by atoms with Crippen molar-refractivity contribution in [3.8, 4) is 0 Å². The largest absolute Gasteiger partial charge is 0.326 e. The average Bonchev–Trinajstić information content (AvgIpc) is 2.59. The highest BCUT2D eigenvalue weighted by atomic mass is 32.1. The maximum Gasteiger partial charge on any atom is 0.0349 e. The highest BCUT2D eigenvalue weighted by molar-refractivity contribution is 7.79. The Labute approximate surface area is 87.0 Å². The highest BCUT2D eigenvalue weighted by Gasteiger charge is 2.02. The Kier molecular flexibility index (Phi) is 2.58. The van der Waals surface area contributed by atoms with Crippen LogP contribution in [0.2, 0.25) is 0 Å². The van der Waals surface area contributed by atoms with Gasteiger partial charge in [0.05, 0.1) is 0 Å². The Morgan fingerprint density at radius 2 is 2.23 bits per heavy atom. The first-order chi connectivity index (χ1) is 6.35. The van der Waals surface area contributed by atoms with Crippen LogP contribution in [0.3, 0.4) is 0 Å². The van der Waals surface area contributed by atoms with Crippen LogP contribution in [-0.2, 0) is 12.3 Å². The quantitative estimate of drug-likeness (QED) is 0.731. The standard InChI is InChI=1S/C10H11NS2/c11-4-7-1-2-9-8(5-12)6-13-10(9)3-7/h1-3,6,12H,4-5,11H2. The van der Waals surface area contributed by atoms with Gasteiger partial charge in [0.15, 0.2) is 0 Å². The lowest BCUT2D eigenvalue weighted by Crippen LogP contribution is -1.94. The molecule has 1 heterocycles. The molecule has 2 N–H and O–H groups in total. The summed E-state index contributed by atoms with van der Waals surface area (Å²) in [5.41, 5.74) is 8.08. The zero-order chi connectivity index (χ0) is 9.26. The van der Waals surface area contributed by atoms with Gasteiger partial charge in [-0.15, -0.1) is 11.3 Å². The lowest BCUT2D eigenvalue weighted by atomic mass is 10.1. The SMILES string of the molecule is NCc1ccc2c(CS)csc2c1. The van der Waals surface area contributed by atoms with Gasteiger partial charge in [-0.3, -0.25) is 0 Å². The normalized spacial score (nSPS) is 10.9. The van der Waals surface area contributed by atoms with Crippen molar-refractivity contribution in [1.82, 2.24) is 0 Å². The second kappa shape index (κ2) is 3.70. The van der Waals surface area contributed by atoms with E-state index in [9.17, 15) is 0 Å². The van der Waals surface area contributed by atoms with Gasteiger partial charge in [0.25, 0.3) is 0 Å². The van der Waals surface area contributed by atoms with Crippen molar-refractivity contribution in [1.29, 1.82) is 0 Å². The molecule has 1 nitrogen and oxygen atoms in total. The molecule has 0 fully saturated rings. The van der Waals surface area contributed by atoms with Gasteiger partial charge in [0.1, 0.15) is 0 Å². The molecule has 68 valence electrons. The molecule has 0 unspecified atom stereocenters. The summed E-state index contributed by atoms with van der Waals surface area (Å²) in [6, 6.07) is 6.38. The van der Waals surface area contributed by atoms with Crippen molar-refractivity contribution < 1.29 is 0 Å². The van der Waals surface area contributed by atoms with Crippen molar-refractivity contribution in [3.63, 3.8) is 0 Å². The zero-order valence-electron chi connectivity index (χ0n) is 7.16. The predicted octanol–water partition coefficient (Wildman–Crippen LogP) is 2.79. The molecule has 0 radical (unpaired) electrons. The first-order valence-electron chi connectivity index (χ1n) is 4.15. The molecule has 0 amide bonds. The van der Waals surface area contributed by atoms with Crippen LogP contribution >= 0.6 is 24.0 Å². The third kappa shape index (κ3) is 1.59. The molecule has 3 heteroatoms. The number of hydrogen-bond acceptors (Lipinski definition) is 3. The number of fused-ring (bicyclic) bond motifs is 1. The topological polar surface area (TPSA) is 26.0 Å². The maximum atomic E-state index is 5.57. The Morgan fingerprint density at radius 3 is 2.92 bits per heavy atom. The minimum atomic E-state index is 0.615. The molecular formula is C10H11NS2. The molecule has 0 aliphatic heterocycles. The molecule has 1 aromatic carbocycles. The van der Waals surface area contributed by atoms with E-state index in [1.165, 1.54) is 21.2 Å². The van der Waals surface area contributed by atoms with Crippen LogP contribution < -0.4 is 5.73 Å². The van der Waals surface area contributed by atoms with Crippen molar-refractivity contribution in [2.75, 3.05) is 0 Å². The fourth-order valence-electron chi connectivity index (χ4n) is 1.38. The second-order valence-corrected chi connectivity index (χ2v) is 4.18. The monoisotopic (exact) mass is 209 g/mol. The van der Waals surface area contributed by atoms with E-state index in [1.54, 1.807) is 11.3 Å². The second-order valence-electron chi connectivity index (χ2n) is 2.95. The number of rotatable bonds is 2. The Bertz CT molecular complexity index is 420. The molecule has 2 rings (SSSR count). The Balaban J connectivity index is 2.61. The van der Waals surface area contributed by atoms with Crippen LogP contribution in [0.5, 0.6) is 0 Å². The van der Waals surface area contributed by atoms with Crippen LogP contribution in [0.1, 0.15) is 11.1 Å². The minimum Gasteiger partial charge on any atom is -0.326 e. The van der Waals surface area contributed by atoms with Crippen molar-refractivity contribution >= 4 is 34.1 Å². The van der Waals surface area contributed by atoms with E-state index in [0.29, 0.717) is 6.54 Å². The summed E-state index contributed by atoms with van der Waals surface area (Å²) in [5, 5.41) is 3.48. The number of thiophene rings is 1. The molecule has 2 aromatic rings. The van der Waals surface area contributed by atoms with Gasteiger partial charge in [0.2, 0.25) is 0 Å². The van der Waals surface area contributed by atoms with Crippen LogP contribution in [0.15, 0.2) is 23.6 Å². The lowest BCUT2D eigenvalue weighted by molar-refractivity contribution is 1.08. The lowest BCUT2D eigenvalue weighted by Gasteiger charge is -1.97. The van der Waals surface area contributed by atoms with E-state index in [-0.39, 0.29) is 0 Å². The zero-order valence-corrected chi connectivity index (χ0v) is 8.87. The van der Waals surface area contributed by atoms with E-state index < -0.39 is 0 Å².